The van der Waals surface area contributed by atoms with E-state index in [1.54, 1.807) is 16.9 Å². The van der Waals surface area contributed by atoms with Gasteiger partial charge in [-0.15, -0.1) is 0 Å². The number of H-pyrrole nitrogens is 1. The van der Waals surface area contributed by atoms with E-state index >= 15 is 0 Å². The van der Waals surface area contributed by atoms with Crippen LogP contribution in [0.4, 0.5) is 4.79 Å². The number of aryl methyl sites for hydroxylation is 1. The Hall–Kier alpha value is -4.18. The van der Waals surface area contributed by atoms with Crippen molar-refractivity contribution in [1.82, 2.24) is 30.1 Å². The second-order valence-electron chi connectivity index (χ2n) is 17.1. The van der Waals surface area contributed by atoms with E-state index in [0.717, 1.165) is 61.4 Å². The largest absolute Gasteiger partial charge is 0.497 e. The second kappa shape index (κ2) is 18.0. The number of hydrogen-bond acceptors (Lipinski definition) is 9. The molecule has 2 aliphatic heterocycles. The fourth-order valence-electron chi connectivity index (χ4n) is 9.50. The van der Waals surface area contributed by atoms with Crippen molar-refractivity contribution in [3.8, 4) is 5.75 Å². The van der Waals surface area contributed by atoms with E-state index in [1.165, 1.54) is 0 Å². The SMILES string of the molecule is CC[C@@H]1CC[C@]1(NC(=O)[C@@H]1CCCN1C(=O)[C@@H](NC(=O)N1CC[C@H](OCCCCCc2cc3ccc(OC)cc3[nH]c2=O)C1)C1CCCC1)C(=O)NS(=O)(=O)C1CC1. The number of pyridine rings is 1. The van der Waals surface area contributed by atoms with Crippen LogP contribution in [0.3, 0.4) is 0 Å². The van der Waals surface area contributed by atoms with Gasteiger partial charge in [-0.3, -0.25) is 23.9 Å². The van der Waals surface area contributed by atoms with E-state index in [9.17, 15) is 32.4 Å². The minimum atomic E-state index is -3.80. The minimum Gasteiger partial charge on any atom is -0.497 e. The normalized spacial score (nSPS) is 25.4. The molecule has 1 aromatic heterocycles. The van der Waals surface area contributed by atoms with Crippen LogP contribution < -0.4 is 25.7 Å². The maximum Gasteiger partial charge on any atom is 0.318 e. The molecule has 0 radical (unpaired) electrons. The third-order valence-corrected chi connectivity index (χ3v) is 15.1. The minimum absolute atomic E-state index is 0.0510. The number of aromatic nitrogens is 1. The van der Waals surface area contributed by atoms with Crippen LogP contribution in [0.25, 0.3) is 10.9 Å². The molecule has 58 heavy (non-hydrogen) atoms. The summed E-state index contributed by atoms with van der Waals surface area (Å²) in [4.78, 5) is 74.4. The lowest BCUT2D eigenvalue weighted by atomic mass is 9.64. The number of urea groups is 1. The average Bonchev–Trinajstić information content (AvgIpc) is 3.53. The first-order valence-corrected chi connectivity index (χ1v) is 23.0. The van der Waals surface area contributed by atoms with Crippen LogP contribution in [-0.4, -0.2) is 109 Å². The van der Waals surface area contributed by atoms with Gasteiger partial charge in [0.25, 0.3) is 11.5 Å². The van der Waals surface area contributed by atoms with Crippen LogP contribution in [0.1, 0.15) is 109 Å². The number of rotatable bonds is 17. The molecule has 3 saturated carbocycles. The molecule has 4 N–H and O–H groups in total. The Morgan fingerprint density at radius 2 is 1.76 bits per heavy atom. The smallest absolute Gasteiger partial charge is 0.318 e. The molecule has 16 heteroatoms. The first-order chi connectivity index (χ1) is 27.9. The summed E-state index contributed by atoms with van der Waals surface area (Å²) < 4.78 is 39.1. The van der Waals surface area contributed by atoms with Crippen molar-refractivity contribution in [1.29, 1.82) is 0 Å². The Morgan fingerprint density at radius 1 is 0.966 bits per heavy atom. The van der Waals surface area contributed by atoms with Gasteiger partial charge >= 0.3 is 6.03 Å². The van der Waals surface area contributed by atoms with Gasteiger partial charge in [-0.1, -0.05) is 32.6 Å². The maximum absolute atomic E-state index is 14.4. The van der Waals surface area contributed by atoms with Crippen molar-refractivity contribution in [3.05, 3.63) is 40.2 Å². The van der Waals surface area contributed by atoms with Crippen LogP contribution in [0.15, 0.2) is 29.1 Å². The molecule has 7 rings (SSSR count). The summed E-state index contributed by atoms with van der Waals surface area (Å²) in [5.41, 5.74) is 0.0766. The number of carbonyl (C=O) groups is 4. The number of methoxy groups -OCH3 is 1. The van der Waals surface area contributed by atoms with Gasteiger partial charge < -0.3 is 34.9 Å². The lowest BCUT2D eigenvalue weighted by Crippen LogP contribution is -2.70. The van der Waals surface area contributed by atoms with Gasteiger partial charge in [-0.05, 0) is 112 Å². The summed E-state index contributed by atoms with van der Waals surface area (Å²) >= 11 is 0. The van der Waals surface area contributed by atoms with Crippen molar-refractivity contribution < 1.29 is 37.1 Å². The van der Waals surface area contributed by atoms with Crippen LogP contribution in [0.5, 0.6) is 5.75 Å². The lowest BCUT2D eigenvalue weighted by Gasteiger charge is -2.48. The molecule has 3 heterocycles. The van der Waals surface area contributed by atoms with E-state index in [0.29, 0.717) is 89.8 Å². The van der Waals surface area contributed by atoms with Crippen molar-refractivity contribution >= 4 is 44.7 Å². The molecular formula is C42H60N6O9S. The highest BCUT2D eigenvalue weighted by Gasteiger charge is 2.56. The zero-order chi connectivity index (χ0) is 41.0. The van der Waals surface area contributed by atoms with E-state index < -0.39 is 44.7 Å². The molecule has 0 bridgehead atoms. The summed E-state index contributed by atoms with van der Waals surface area (Å²) in [5.74, 6) is -1.00. The monoisotopic (exact) mass is 824 g/mol. The third kappa shape index (κ3) is 9.17. The third-order valence-electron chi connectivity index (χ3n) is 13.3. The van der Waals surface area contributed by atoms with E-state index in [2.05, 4.69) is 20.3 Å². The molecule has 15 nitrogen and oxygen atoms in total. The number of ether oxygens (including phenoxy) is 2. The number of hydrogen-bond donors (Lipinski definition) is 4. The molecule has 2 aromatic rings. The molecule has 1 aromatic carbocycles. The van der Waals surface area contributed by atoms with Crippen LogP contribution in [-0.2, 0) is 35.6 Å². The number of amides is 5. The van der Waals surface area contributed by atoms with E-state index in [-0.39, 0.29) is 35.4 Å². The van der Waals surface area contributed by atoms with Crippen molar-refractivity contribution in [2.24, 2.45) is 11.8 Å². The van der Waals surface area contributed by atoms with Crippen molar-refractivity contribution in [2.75, 3.05) is 33.4 Å². The van der Waals surface area contributed by atoms with Gasteiger partial charge in [0.05, 0.1) is 24.0 Å². The van der Waals surface area contributed by atoms with Crippen LogP contribution >= 0.6 is 0 Å². The number of unbranched alkanes of at least 4 members (excludes halogenated alkanes) is 2. The quantitative estimate of drug-likeness (QED) is 0.171. The standard InChI is InChI=1S/C42H60N6O9S/c1-3-30-18-20-42(30,40(52)46-58(54,55)33-16-17-33)45-38(50)35-13-9-21-48(35)39(51)36(27-10-6-7-11-27)44-41(53)47-22-19-32(26-47)57-23-8-4-5-12-29-24-28-14-15-31(56-2)25-34(28)43-37(29)49/h14-15,24-25,27,30,32-33,35-36H,3-13,16-23,26H2,1-2H3,(H,43,49)(H,44,53)(H,45,50)(H,46,52)/t30-,32+,35+,36+,42-/m1/s1. The summed E-state index contributed by atoms with van der Waals surface area (Å²) in [6.07, 6.45) is 11.0. The van der Waals surface area contributed by atoms with Gasteiger partial charge in [-0.2, -0.15) is 0 Å². The van der Waals surface area contributed by atoms with Gasteiger partial charge in [0.1, 0.15) is 23.4 Å². The fraction of sp³-hybridized carbons (Fsp3) is 0.690. The zero-order valence-corrected chi connectivity index (χ0v) is 34.7. The number of sulfonamides is 1. The Labute approximate surface area is 340 Å². The van der Waals surface area contributed by atoms with E-state index in [1.807, 2.05) is 31.2 Å². The molecule has 5 atom stereocenters. The highest BCUT2D eigenvalue weighted by Crippen LogP contribution is 2.42. The molecule has 0 spiro atoms. The molecule has 2 saturated heterocycles. The highest BCUT2D eigenvalue weighted by molar-refractivity contribution is 7.91. The molecule has 5 fully saturated rings. The van der Waals surface area contributed by atoms with Crippen LogP contribution in [0, 0.1) is 11.8 Å². The van der Waals surface area contributed by atoms with Gasteiger partial charge in [0.15, 0.2) is 0 Å². The van der Waals surface area contributed by atoms with Gasteiger partial charge in [0, 0.05) is 37.9 Å². The Bertz CT molecular complexity index is 2010. The van der Waals surface area contributed by atoms with E-state index in [4.69, 9.17) is 9.47 Å². The summed E-state index contributed by atoms with van der Waals surface area (Å²) in [6, 6.07) is 5.65. The molecular weight excluding hydrogens is 765 g/mol. The zero-order valence-electron chi connectivity index (χ0n) is 33.9. The topological polar surface area (TPSA) is 196 Å². The molecule has 5 amide bonds. The number of fused-ring (bicyclic) bond motifs is 1. The highest BCUT2D eigenvalue weighted by atomic mass is 32.2. The first kappa shape index (κ1) is 42.0. The van der Waals surface area contributed by atoms with Gasteiger partial charge in [0.2, 0.25) is 21.8 Å². The number of nitrogens with one attached hydrogen (secondary N) is 4. The molecule has 5 aliphatic rings. The molecule has 0 unspecified atom stereocenters. The van der Waals surface area contributed by atoms with Crippen molar-refractivity contribution in [2.45, 2.75) is 139 Å². The number of carbonyl (C=O) groups excluding carboxylic acids is 4. The average molecular weight is 825 g/mol. The number of aromatic amines is 1. The Kier molecular flexibility index (Phi) is 13.0. The van der Waals surface area contributed by atoms with Gasteiger partial charge in [-0.25, -0.2) is 13.2 Å². The molecule has 318 valence electrons. The van der Waals surface area contributed by atoms with Crippen LogP contribution in [0.2, 0.25) is 0 Å². The lowest BCUT2D eigenvalue weighted by molar-refractivity contribution is -0.146. The summed E-state index contributed by atoms with van der Waals surface area (Å²) in [6.45, 7) is 3.75. The first-order valence-electron chi connectivity index (χ1n) is 21.5. The summed E-state index contributed by atoms with van der Waals surface area (Å²) in [5, 5.41) is 6.41. The number of nitrogens with zero attached hydrogens (tertiary/aromatic N) is 2. The fourth-order valence-corrected chi connectivity index (χ4v) is 10.9. The second-order valence-corrected chi connectivity index (χ2v) is 19.0. The Balaban J connectivity index is 0.894. The molecule has 3 aliphatic carbocycles. The maximum atomic E-state index is 14.4. The predicted molar refractivity (Wildman–Crippen MR) is 218 cm³/mol. The number of likely N-dealkylation sites (tertiary alicyclic amines) is 2. The number of benzene rings is 1. The van der Waals surface area contributed by atoms with Crippen molar-refractivity contribution in [3.63, 3.8) is 0 Å². The Morgan fingerprint density at radius 3 is 2.47 bits per heavy atom. The predicted octanol–water partition coefficient (Wildman–Crippen LogP) is 3.88. The summed E-state index contributed by atoms with van der Waals surface area (Å²) in [7, 11) is -2.21.